The van der Waals surface area contributed by atoms with Crippen molar-refractivity contribution in [2.75, 3.05) is 26.8 Å². The van der Waals surface area contributed by atoms with Crippen molar-refractivity contribution in [2.24, 2.45) is 0 Å². The molecule has 3 rings (SSSR count). The number of hydrogen-bond donors (Lipinski definition) is 1. The Kier molecular flexibility index (Phi) is 5.98. The number of hydrogen-bond acceptors (Lipinski definition) is 3. The number of morpholine rings is 1. The van der Waals surface area contributed by atoms with E-state index in [-0.39, 0.29) is 18.2 Å². The van der Waals surface area contributed by atoms with Crippen LogP contribution < -0.4 is 5.32 Å². The summed E-state index contributed by atoms with van der Waals surface area (Å²) in [6, 6.07) is 7.89. The summed E-state index contributed by atoms with van der Waals surface area (Å²) in [4.78, 5) is 14.4. The molecule has 132 valence electrons. The van der Waals surface area contributed by atoms with Gasteiger partial charge in [-0.2, -0.15) is 0 Å². The number of methoxy groups -OCH3 is 1. The number of urea groups is 1. The average Bonchev–Trinajstić information content (AvgIpc) is 2.63. The zero-order valence-corrected chi connectivity index (χ0v) is 14.8. The van der Waals surface area contributed by atoms with E-state index in [9.17, 15) is 4.79 Å². The fourth-order valence-electron chi connectivity index (χ4n) is 3.42. The van der Waals surface area contributed by atoms with Gasteiger partial charge in [-0.25, -0.2) is 4.79 Å². The van der Waals surface area contributed by atoms with E-state index in [1.807, 2.05) is 29.2 Å². The van der Waals surface area contributed by atoms with Crippen molar-refractivity contribution in [1.29, 1.82) is 0 Å². The molecule has 1 aliphatic heterocycles. The molecular formula is C18H25ClN2O3. The lowest BCUT2D eigenvalue weighted by Crippen LogP contribution is -2.50. The minimum absolute atomic E-state index is 0.0122. The fraction of sp³-hybridized carbons (Fsp3) is 0.611. The second-order valence-corrected chi connectivity index (χ2v) is 6.95. The van der Waals surface area contributed by atoms with Gasteiger partial charge in [0.05, 0.1) is 19.3 Å². The molecule has 0 bridgehead atoms. The van der Waals surface area contributed by atoms with Crippen molar-refractivity contribution in [1.82, 2.24) is 10.2 Å². The zero-order valence-electron chi connectivity index (χ0n) is 14.0. The Morgan fingerprint density at radius 1 is 1.25 bits per heavy atom. The van der Waals surface area contributed by atoms with Crippen LogP contribution in [0.4, 0.5) is 4.79 Å². The predicted molar refractivity (Wildman–Crippen MR) is 93.3 cm³/mol. The van der Waals surface area contributed by atoms with Crippen molar-refractivity contribution < 1.29 is 14.3 Å². The standard InChI is InChI=1S/C18H25ClN2O3/c1-23-16-8-6-15(7-9-16)20-18(22)21-10-11-24-17(12-21)13-2-4-14(19)5-3-13/h2-5,15-17H,6-12H2,1H3,(H,20,22). The molecule has 2 fully saturated rings. The van der Waals surface area contributed by atoms with E-state index in [0.29, 0.717) is 30.8 Å². The van der Waals surface area contributed by atoms with Crippen LogP contribution in [0.1, 0.15) is 37.4 Å². The van der Waals surface area contributed by atoms with Crippen molar-refractivity contribution in [3.8, 4) is 0 Å². The van der Waals surface area contributed by atoms with E-state index in [0.717, 1.165) is 31.2 Å². The Bertz CT molecular complexity index is 544. The van der Waals surface area contributed by atoms with Crippen LogP contribution in [0.25, 0.3) is 0 Å². The molecule has 5 nitrogen and oxygen atoms in total. The molecule has 1 aromatic rings. The van der Waals surface area contributed by atoms with Crippen LogP contribution in [-0.2, 0) is 9.47 Å². The van der Waals surface area contributed by atoms with Gasteiger partial charge in [-0.1, -0.05) is 23.7 Å². The largest absolute Gasteiger partial charge is 0.381 e. The summed E-state index contributed by atoms with van der Waals surface area (Å²) in [7, 11) is 1.76. The van der Waals surface area contributed by atoms with Crippen molar-refractivity contribution in [2.45, 2.75) is 43.9 Å². The lowest BCUT2D eigenvalue weighted by atomic mass is 9.93. The van der Waals surface area contributed by atoms with Gasteiger partial charge in [-0.15, -0.1) is 0 Å². The minimum atomic E-state index is -0.0917. The van der Waals surface area contributed by atoms with Gasteiger partial charge in [0.15, 0.2) is 0 Å². The number of carbonyl (C=O) groups excluding carboxylic acids is 1. The van der Waals surface area contributed by atoms with Gasteiger partial charge < -0.3 is 19.7 Å². The van der Waals surface area contributed by atoms with Crippen molar-refractivity contribution in [3.05, 3.63) is 34.9 Å². The third-order valence-electron chi connectivity index (χ3n) is 4.93. The predicted octanol–water partition coefficient (Wildman–Crippen LogP) is 3.38. The van der Waals surface area contributed by atoms with Crippen LogP contribution >= 0.6 is 11.6 Å². The first-order chi connectivity index (χ1) is 11.7. The monoisotopic (exact) mass is 352 g/mol. The van der Waals surface area contributed by atoms with Gasteiger partial charge in [-0.05, 0) is 43.4 Å². The highest BCUT2D eigenvalue weighted by molar-refractivity contribution is 6.30. The average molecular weight is 353 g/mol. The summed E-state index contributed by atoms with van der Waals surface area (Å²) in [6.45, 7) is 1.75. The van der Waals surface area contributed by atoms with E-state index in [1.54, 1.807) is 7.11 Å². The minimum Gasteiger partial charge on any atom is -0.381 e. The Balaban J connectivity index is 1.52. The van der Waals surface area contributed by atoms with Gasteiger partial charge in [0, 0.05) is 24.7 Å². The number of nitrogens with one attached hydrogen (secondary N) is 1. The van der Waals surface area contributed by atoms with Crippen LogP contribution in [0.5, 0.6) is 0 Å². The molecule has 1 atom stereocenters. The molecule has 1 saturated carbocycles. The van der Waals surface area contributed by atoms with E-state index < -0.39 is 0 Å². The first kappa shape index (κ1) is 17.5. The maximum atomic E-state index is 12.6. The SMILES string of the molecule is COC1CCC(NC(=O)N2CCOC(c3ccc(Cl)cc3)C2)CC1. The molecule has 2 amide bonds. The maximum absolute atomic E-state index is 12.6. The van der Waals surface area contributed by atoms with Crippen molar-refractivity contribution in [3.63, 3.8) is 0 Å². The molecule has 6 heteroatoms. The first-order valence-corrected chi connectivity index (χ1v) is 8.99. The third-order valence-corrected chi connectivity index (χ3v) is 5.18. The number of benzene rings is 1. The summed E-state index contributed by atoms with van der Waals surface area (Å²) >= 11 is 5.93. The highest BCUT2D eigenvalue weighted by Gasteiger charge is 2.28. The fourth-order valence-corrected chi connectivity index (χ4v) is 3.55. The Morgan fingerprint density at radius 3 is 2.62 bits per heavy atom. The first-order valence-electron chi connectivity index (χ1n) is 8.61. The Labute approximate surface area is 148 Å². The van der Waals surface area contributed by atoms with Gasteiger partial charge in [-0.3, -0.25) is 0 Å². The van der Waals surface area contributed by atoms with E-state index >= 15 is 0 Å². The molecule has 1 aliphatic carbocycles. The second-order valence-electron chi connectivity index (χ2n) is 6.52. The topological polar surface area (TPSA) is 50.8 Å². The van der Waals surface area contributed by atoms with E-state index in [1.165, 1.54) is 0 Å². The van der Waals surface area contributed by atoms with Gasteiger partial charge in [0.1, 0.15) is 6.10 Å². The van der Waals surface area contributed by atoms with E-state index in [4.69, 9.17) is 21.1 Å². The molecular weight excluding hydrogens is 328 g/mol. The van der Waals surface area contributed by atoms with Crippen LogP contribution in [0.2, 0.25) is 5.02 Å². The number of carbonyl (C=O) groups is 1. The van der Waals surface area contributed by atoms with Crippen LogP contribution in [0.3, 0.4) is 0 Å². The molecule has 0 spiro atoms. The summed E-state index contributed by atoms with van der Waals surface area (Å²) in [5, 5.41) is 3.87. The van der Waals surface area contributed by atoms with Crippen LogP contribution in [0, 0.1) is 0 Å². The summed E-state index contributed by atoms with van der Waals surface area (Å²) in [5.74, 6) is 0. The zero-order chi connectivity index (χ0) is 16.9. The molecule has 1 aromatic carbocycles. The Hall–Kier alpha value is -1.30. The highest BCUT2D eigenvalue weighted by Crippen LogP contribution is 2.25. The summed E-state index contributed by atoms with van der Waals surface area (Å²) < 4.78 is 11.2. The smallest absolute Gasteiger partial charge is 0.317 e. The maximum Gasteiger partial charge on any atom is 0.317 e. The lowest BCUT2D eigenvalue weighted by molar-refractivity contribution is -0.0162. The van der Waals surface area contributed by atoms with Gasteiger partial charge in [0.25, 0.3) is 0 Å². The lowest BCUT2D eigenvalue weighted by Gasteiger charge is -2.35. The number of nitrogens with zero attached hydrogens (tertiary/aromatic N) is 1. The summed E-state index contributed by atoms with van der Waals surface area (Å²) in [6.07, 6.45) is 4.24. The normalized spacial score (nSPS) is 27.8. The molecule has 0 radical (unpaired) electrons. The number of rotatable bonds is 3. The molecule has 0 aromatic heterocycles. The molecule has 2 aliphatic rings. The molecule has 1 heterocycles. The van der Waals surface area contributed by atoms with Crippen LogP contribution in [-0.4, -0.2) is 49.9 Å². The van der Waals surface area contributed by atoms with Gasteiger partial charge in [0.2, 0.25) is 0 Å². The van der Waals surface area contributed by atoms with Crippen LogP contribution in [0.15, 0.2) is 24.3 Å². The highest BCUT2D eigenvalue weighted by atomic mass is 35.5. The van der Waals surface area contributed by atoms with E-state index in [2.05, 4.69) is 5.32 Å². The van der Waals surface area contributed by atoms with Crippen molar-refractivity contribution >= 4 is 17.6 Å². The number of amides is 2. The summed E-state index contributed by atoms with van der Waals surface area (Å²) in [5.41, 5.74) is 1.05. The third kappa shape index (κ3) is 4.41. The quantitative estimate of drug-likeness (QED) is 0.907. The molecule has 24 heavy (non-hydrogen) atoms. The molecule has 1 unspecified atom stereocenters. The number of ether oxygens (including phenoxy) is 2. The molecule has 1 saturated heterocycles. The number of halogens is 1. The van der Waals surface area contributed by atoms with Gasteiger partial charge >= 0.3 is 6.03 Å². The second kappa shape index (κ2) is 8.19. The Morgan fingerprint density at radius 2 is 1.96 bits per heavy atom. The molecule has 1 N–H and O–H groups in total.